The van der Waals surface area contributed by atoms with Crippen molar-refractivity contribution in [3.8, 4) is 0 Å². The molecule has 0 saturated carbocycles. The number of hydrogen-bond acceptors (Lipinski definition) is 2. The van der Waals surface area contributed by atoms with Gasteiger partial charge in [-0.25, -0.2) is 0 Å². The van der Waals surface area contributed by atoms with Gasteiger partial charge in [0.05, 0.1) is 0 Å². The molecule has 2 nitrogen and oxygen atoms in total. The number of aliphatic imine (C=N–C) groups is 1. The Morgan fingerprint density at radius 2 is 2.07 bits per heavy atom. The number of thioether (sulfide) groups is 1. The van der Waals surface area contributed by atoms with E-state index in [9.17, 15) is 0 Å². The molecule has 0 amide bonds. The molecule has 0 atom stereocenters. The summed E-state index contributed by atoms with van der Waals surface area (Å²) in [6.45, 7) is 11.2. The lowest BCUT2D eigenvalue weighted by atomic mass is 10.1. The maximum atomic E-state index is 4.73. The normalized spacial score (nSPS) is 20.7. The van der Waals surface area contributed by atoms with Crippen molar-refractivity contribution in [1.29, 1.82) is 0 Å². The molecule has 88 valence electrons. The first kappa shape index (κ1) is 12.9. The van der Waals surface area contributed by atoms with Crippen molar-refractivity contribution in [3.63, 3.8) is 0 Å². The molecule has 1 saturated heterocycles. The maximum Gasteiger partial charge on any atom is 0.159 e. The Kier molecular flexibility index (Phi) is 5.51. The highest BCUT2D eigenvalue weighted by Crippen LogP contribution is 2.20. The van der Waals surface area contributed by atoms with Gasteiger partial charge in [-0.2, -0.15) is 0 Å². The van der Waals surface area contributed by atoms with E-state index in [1.807, 2.05) is 11.8 Å². The minimum absolute atomic E-state index is 0.593. The van der Waals surface area contributed by atoms with Gasteiger partial charge >= 0.3 is 0 Å². The highest BCUT2D eigenvalue weighted by Gasteiger charge is 2.19. The lowest BCUT2D eigenvalue weighted by molar-refractivity contribution is 0.352. The van der Waals surface area contributed by atoms with Crippen LogP contribution in [0.2, 0.25) is 0 Å². The molecule has 1 heterocycles. The fraction of sp³-hybridized carbons (Fsp3) is 0.917. The standard InChI is InChI=1S/C12H24N2S/c1-10(2)6-7-13-12-14(11(3)4)8-5-9-15-12/h10-11H,5-9H2,1-4H3/b13-12-. The van der Waals surface area contributed by atoms with Crippen LogP contribution in [0.15, 0.2) is 4.99 Å². The summed E-state index contributed by atoms with van der Waals surface area (Å²) in [6.07, 6.45) is 2.50. The van der Waals surface area contributed by atoms with Gasteiger partial charge in [0.1, 0.15) is 0 Å². The van der Waals surface area contributed by atoms with E-state index >= 15 is 0 Å². The van der Waals surface area contributed by atoms with Gasteiger partial charge in [-0.05, 0) is 32.6 Å². The molecule has 1 aliphatic heterocycles. The molecule has 1 aliphatic rings. The van der Waals surface area contributed by atoms with Crippen LogP contribution in [-0.4, -0.2) is 35.0 Å². The zero-order valence-electron chi connectivity index (χ0n) is 10.5. The fourth-order valence-corrected chi connectivity index (χ4v) is 2.72. The van der Waals surface area contributed by atoms with E-state index in [-0.39, 0.29) is 0 Å². The molecule has 1 fully saturated rings. The zero-order valence-corrected chi connectivity index (χ0v) is 11.3. The second kappa shape index (κ2) is 6.41. The Hall–Kier alpha value is -0.180. The maximum absolute atomic E-state index is 4.73. The second-order valence-corrected chi connectivity index (χ2v) is 5.90. The van der Waals surface area contributed by atoms with Gasteiger partial charge in [-0.1, -0.05) is 25.6 Å². The zero-order chi connectivity index (χ0) is 11.3. The summed E-state index contributed by atoms with van der Waals surface area (Å²) in [7, 11) is 0. The highest BCUT2D eigenvalue weighted by atomic mass is 32.2. The van der Waals surface area contributed by atoms with Crippen LogP contribution < -0.4 is 0 Å². The van der Waals surface area contributed by atoms with Gasteiger partial charge in [-0.15, -0.1) is 0 Å². The molecular formula is C12H24N2S. The average molecular weight is 228 g/mol. The van der Waals surface area contributed by atoms with Crippen LogP contribution in [0.1, 0.15) is 40.5 Å². The van der Waals surface area contributed by atoms with Crippen LogP contribution >= 0.6 is 11.8 Å². The van der Waals surface area contributed by atoms with Gasteiger partial charge in [-0.3, -0.25) is 4.99 Å². The third kappa shape index (κ3) is 4.45. The van der Waals surface area contributed by atoms with Gasteiger partial charge in [0, 0.05) is 24.9 Å². The summed E-state index contributed by atoms with van der Waals surface area (Å²) in [5.41, 5.74) is 0. The molecule has 3 heteroatoms. The number of amidine groups is 1. The van der Waals surface area contributed by atoms with Gasteiger partial charge < -0.3 is 4.90 Å². The van der Waals surface area contributed by atoms with E-state index in [0.717, 1.165) is 12.5 Å². The lowest BCUT2D eigenvalue weighted by Crippen LogP contribution is -2.39. The van der Waals surface area contributed by atoms with Crippen LogP contribution in [0.5, 0.6) is 0 Å². The molecule has 0 aromatic rings. The predicted molar refractivity (Wildman–Crippen MR) is 70.7 cm³/mol. The van der Waals surface area contributed by atoms with Crippen molar-refractivity contribution in [1.82, 2.24) is 4.90 Å². The molecule has 0 spiro atoms. The Morgan fingerprint density at radius 3 is 2.67 bits per heavy atom. The van der Waals surface area contributed by atoms with E-state index in [1.54, 1.807) is 0 Å². The van der Waals surface area contributed by atoms with Gasteiger partial charge in [0.25, 0.3) is 0 Å². The van der Waals surface area contributed by atoms with Crippen LogP contribution in [0, 0.1) is 5.92 Å². The summed E-state index contributed by atoms with van der Waals surface area (Å²) in [6, 6.07) is 0.593. The van der Waals surface area contributed by atoms with E-state index in [1.165, 1.54) is 30.3 Å². The fourth-order valence-electron chi connectivity index (χ4n) is 1.61. The van der Waals surface area contributed by atoms with Crippen molar-refractivity contribution >= 4 is 16.9 Å². The van der Waals surface area contributed by atoms with E-state index in [4.69, 9.17) is 4.99 Å². The van der Waals surface area contributed by atoms with Crippen LogP contribution in [0.3, 0.4) is 0 Å². The first-order valence-electron chi connectivity index (χ1n) is 6.05. The summed E-state index contributed by atoms with van der Waals surface area (Å²) >= 11 is 1.93. The monoisotopic (exact) mass is 228 g/mol. The van der Waals surface area contributed by atoms with Gasteiger partial charge in [0.15, 0.2) is 5.17 Å². The van der Waals surface area contributed by atoms with Crippen LogP contribution in [0.25, 0.3) is 0 Å². The van der Waals surface area contributed by atoms with E-state index in [2.05, 4.69) is 32.6 Å². The molecule has 15 heavy (non-hydrogen) atoms. The molecule has 0 aromatic heterocycles. The van der Waals surface area contributed by atoms with E-state index in [0.29, 0.717) is 6.04 Å². The lowest BCUT2D eigenvalue weighted by Gasteiger charge is -2.33. The average Bonchev–Trinajstić information content (AvgIpc) is 2.17. The topological polar surface area (TPSA) is 15.6 Å². The highest BCUT2D eigenvalue weighted by molar-refractivity contribution is 8.13. The van der Waals surface area contributed by atoms with Crippen molar-refractivity contribution in [2.45, 2.75) is 46.6 Å². The molecule has 0 aromatic carbocycles. The predicted octanol–water partition coefficient (Wildman–Crippen LogP) is 3.24. The van der Waals surface area contributed by atoms with Crippen molar-refractivity contribution in [3.05, 3.63) is 0 Å². The minimum atomic E-state index is 0.593. The summed E-state index contributed by atoms with van der Waals surface area (Å²) < 4.78 is 0. The second-order valence-electron chi connectivity index (χ2n) is 4.84. The SMILES string of the molecule is CC(C)CC/N=C1\SCCCN1C(C)C. The smallest absolute Gasteiger partial charge is 0.159 e. The van der Waals surface area contributed by atoms with Crippen molar-refractivity contribution in [2.24, 2.45) is 10.9 Å². The number of nitrogens with zero attached hydrogens (tertiary/aromatic N) is 2. The van der Waals surface area contributed by atoms with E-state index < -0.39 is 0 Å². The molecule has 0 aliphatic carbocycles. The Labute approximate surface area is 98.5 Å². The van der Waals surface area contributed by atoms with Crippen molar-refractivity contribution < 1.29 is 0 Å². The molecule has 1 rings (SSSR count). The quantitative estimate of drug-likeness (QED) is 0.734. The third-order valence-electron chi connectivity index (χ3n) is 2.60. The first-order chi connectivity index (χ1) is 7.11. The van der Waals surface area contributed by atoms with Crippen molar-refractivity contribution in [2.75, 3.05) is 18.8 Å². The number of hydrogen-bond donors (Lipinski definition) is 0. The minimum Gasteiger partial charge on any atom is -0.349 e. The van der Waals surface area contributed by atoms with Crippen LogP contribution in [0.4, 0.5) is 0 Å². The molecule has 0 bridgehead atoms. The molecule has 0 radical (unpaired) electrons. The largest absolute Gasteiger partial charge is 0.349 e. The van der Waals surface area contributed by atoms with Crippen LogP contribution in [-0.2, 0) is 0 Å². The summed E-state index contributed by atoms with van der Waals surface area (Å²) in [4.78, 5) is 7.17. The molecule has 0 unspecified atom stereocenters. The first-order valence-corrected chi connectivity index (χ1v) is 7.03. The third-order valence-corrected chi connectivity index (χ3v) is 3.71. The molecule has 0 N–H and O–H groups in total. The Morgan fingerprint density at radius 1 is 1.33 bits per heavy atom. The Bertz CT molecular complexity index is 212. The molecular weight excluding hydrogens is 204 g/mol. The Balaban J connectivity index is 2.48. The summed E-state index contributed by atoms with van der Waals surface area (Å²) in [5, 5.41) is 1.27. The van der Waals surface area contributed by atoms with Gasteiger partial charge in [0.2, 0.25) is 0 Å². The number of rotatable bonds is 4. The summed E-state index contributed by atoms with van der Waals surface area (Å²) in [5.74, 6) is 2.00.